The van der Waals surface area contributed by atoms with E-state index in [0.29, 0.717) is 6.42 Å². The van der Waals surface area contributed by atoms with Gasteiger partial charge < -0.3 is 14.2 Å². The van der Waals surface area contributed by atoms with Crippen molar-refractivity contribution in [3.63, 3.8) is 0 Å². The first-order chi connectivity index (χ1) is 9.46. The Kier molecular flexibility index (Phi) is 5.14. The summed E-state index contributed by atoms with van der Waals surface area (Å²) >= 11 is 0. The van der Waals surface area contributed by atoms with Crippen molar-refractivity contribution in [3.05, 3.63) is 0 Å². The van der Waals surface area contributed by atoms with Gasteiger partial charge in [-0.3, -0.25) is 14.4 Å². The number of rotatable bonds is 7. The standard InChI is InChI=1S/C14H22O6/c1-5-13(10(15)18-6-2)9-14(13,11(16)19-7-3)12(17)20-8-4/h5-9H2,1-4H3. The zero-order chi connectivity index (χ0) is 15.4. The third kappa shape index (κ3) is 2.27. The predicted octanol–water partition coefficient (Wildman–Crippen LogP) is 1.46. The maximum Gasteiger partial charge on any atom is 0.324 e. The van der Waals surface area contributed by atoms with Crippen molar-refractivity contribution in [2.45, 2.75) is 40.5 Å². The van der Waals surface area contributed by atoms with Gasteiger partial charge in [0.05, 0.1) is 25.2 Å². The van der Waals surface area contributed by atoms with E-state index in [1.807, 2.05) is 0 Å². The van der Waals surface area contributed by atoms with E-state index in [9.17, 15) is 14.4 Å². The van der Waals surface area contributed by atoms with Crippen LogP contribution in [0.1, 0.15) is 40.5 Å². The zero-order valence-electron chi connectivity index (χ0n) is 12.5. The van der Waals surface area contributed by atoms with Crippen molar-refractivity contribution >= 4 is 17.9 Å². The van der Waals surface area contributed by atoms with E-state index >= 15 is 0 Å². The lowest BCUT2D eigenvalue weighted by molar-refractivity contribution is -0.172. The molecule has 0 aromatic rings. The normalized spacial score (nSPS) is 22.8. The van der Waals surface area contributed by atoms with Crippen LogP contribution < -0.4 is 0 Å². The van der Waals surface area contributed by atoms with Crippen LogP contribution in [-0.2, 0) is 28.6 Å². The number of hydrogen-bond donors (Lipinski definition) is 0. The molecule has 0 bridgehead atoms. The number of carbonyl (C=O) groups excluding carboxylic acids is 3. The predicted molar refractivity (Wildman–Crippen MR) is 69.7 cm³/mol. The van der Waals surface area contributed by atoms with Crippen LogP contribution in [0.5, 0.6) is 0 Å². The molecule has 0 amide bonds. The minimum atomic E-state index is -1.54. The molecular formula is C14H22O6. The molecule has 1 fully saturated rings. The molecule has 0 aromatic carbocycles. The fourth-order valence-electron chi connectivity index (χ4n) is 2.62. The van der Waals surface area contributed by atoms with Crippen LogP contribution in [0, 0.1) is 10.8 Å². The fraction of sp³-hybridized carbons (Fsp3) is 0.786. The van der Waals surface area contributed by atoms with Gasteiger partial charge in [0.1, 0.15) is 0 Å². The van der Waals surface area contributed by atoms with Gasteiger partial charge in [0.25, 0.3) is 0 Å². The quantitative estimate of drug-likeness (QED) is 0.400. The second-order valence-corrected chi connectivity index (χ2v) is 4.68. The molecule has 1 unspecified atom stereocenters. The lowest BCUT2D eigenvalue weighted by Crippen LogP contribution is -2.39. The van der Waals surface area contributed by atoms with Crippen LogP contribution in [0.2, 0.25) is 0 Å². The second-order valence-electron chi connectivity index (χ2n) is 4.68. The molecule has 0 saturated heterocycles. The molecule has 1 aliphatic rings. The largest absolute Gasteiger partial charge is 0.466 e. The highest BCUT2D eigenvalue weighted by Crippen LogP contribution is 2.67. The van der Waals surface area contributed by atoms with E-state index in [-0.39, 0.29) is 26.2 Å². The molecule has 114 valence electrons. The minimum Gasteiger partial charge on any atom is -0.466 e. The van der Waals surface area contributed by atoms with Gasteiger partial charge >= 0.3 is 17.9 Å². The van der Waals surface area contributed by atoms with E-state index in [1.165, 1.54) is 0 Å². The fourth-order valence-corrected chi connectivity index (χ4v) is 2.62. The van der Waals surface area contributed by atoms with Gasteiger partial charge in [-0.25, -0.2) is 0 Å². The summed E-state index contributed by atoms with van der Waals surface area (Å²) in [7, 11) is 0. The molecule has 6 heteroatoms. The van der Waals surface area contributed by atoms with Crippen molar-refractivity contribution in [3.8, 4) is 0 Å². The van der Waals surface area contributed by atoms with Crippen LogP contribution in [0.3, 0.4) is 0 Å². The van der Waals surface area contributed by atoms with Crippen LogP contribution in [0.4, 0.5) is 0 Å². The summed E-state index contributed by atoms with van der Waals surface area (Å²) in [6, 6.07) is 0. The molecular weight excluding hydrogens is 264 g/mol. The summed E-state index contributed by atoms with van der Waals surface area (Å²) in [5.41, 5.74) is -2.69. The smallest absolute Gasteiger partial charge is 0.324 e. The maximum absolute atomic E-state index is 12.2. The van der Waals surface area contributed by atoms with Crippen LogP contribution in [0.25, 0.3) is 0 Å². The SMILES string of the molecule is CCOC(=O)C1(CC)CC1(C(=O)OCC)C(=O)OCC. The van der Waals surface area contributed by atoms with Gasteiger partial charge in [0, 0.05) is 0 Å². The Hall–Kier alpha value is -1.59. The Morgan fingerprint density at radius 2 is 1.20 bits per heavy atom. The number of ether oxygens (including phenoxy) is 3. The molecule has 6 nitrogen and oxygen atoms in total. The second kappa shape index (κ2) is 6.24. The van der Waals surface area contributed by atoms with Gasteiger partial charge in [-0.2, -0.15) is 0 Å². The highest BCUT2D eigenvalue weighted by Gasteiger charge is 2.82. The highest BCUT2D eigenvalue weighted by molar-refractivity contribution is 6.11. The molecule has 0 radical (unpaired) electrons. The number of esters is 3. The van der Waals surface area contributed by atoms with Crippen molar-refractivity contribution in [1.29, 1.82) is 0 Å². The first-order valence-electron chi connectivity index (χ1n) is 6.98. The Bertz CT molecular complexity index is 384. The van der Waals surface area contributed by atoms with Crippen LogP contribution >= 0.6 is 0 Å². The Labute approximate surface area is 118 Å². The first-order valence-corrected chi connectivity index (χ1v) is 6.98. The van der Waals surface area contributed by atoms with E-state index in [1.54, 1.807) is 27.7 Å². The van der Waals surface area contributed by atoms with Crippen LogP contribution in [-0.4, -0.2) is 37.7 Å². The van der Waals surface area contributed by atoms with Gasteiger partial charge in [0.2, 0.25) is 0 Å². The van der Waals surface area contributed by atoms with E-state index in [4.69, 9.17) is 14.2 Å². The molecule has 0 spiro atoms. The summed E-state index contributed by atoms with van der Waals surface area (Å²) in [5.74, 6) is -1.94. The topological polar surface area (TPSA) is 78.9 Å². The lowest BCUT2D eigenvalue weighted by atomic mass is 9.90. The third-order valence-corrected chi connectivity index (χ3v) is 3.78. The molecule has 1 atom stereocenters. The molecule has 0 aromatic heterocycles. The Balaban J connectivity index is 3.12. The lowest BCUT2D eigenvalue weighted by Gasteiger charge is -2.20. The van der Waals surface area contributed by atoms with Gasteiger partial charge in [-0.1, -0.05) is 6.92 Å². The van der Waals surface area contributed by atoms with Gasteiger partial charge in [0.15, 0.2) is 5.41 Å². The van der Waals surface area contributed by atoms with Crippen molar-refractivity contribution in [2.75, 3.05) is 19.8 Å². The van der Waals surface area contributed by atoms with E-state index in [0.717, 1.165) is 0 Å². The average molecular weight is 286 g/mol. The van der Waals surface area contributed by atoms with Gasteiger partial charge in [-0.15, -0.1) is 0 Å². The third-order valence-electron chi connectivity index (χ3n) is 3.78. The highest BCUT2D eigenvalue weighted by atomic mass is 16.6. The maximum atomic E-state index is 12.2. The van der Waals surface area contributed by atoms with Crippen molar-refractivity contribution < 1.29 is 28.6 Å². The summed E-state index contributed by atoms with van der Waals surface area (Å²) in [6.07, 6.45) is 0.413. The molecule has 20 heavy (non-hydrogen) atoms. The molecule has 1 rings (SSSR count). The average Bonchev–Trinajstić information content (AvgIpc) is 3.12. The minimum absolute atomic E-state index is 0.0903. The Morgan fingerprint density at radius 1 is 0.800 bits per heavy atom. The molecule has 0 aliphatic heterocycles. The van der Waals surface area contributed by atoms with Crippen molar-refractivity contribution in [1.82, 2.24) is 0 Å². The number of carbonyl (C=O) groups is 3. The molecule has 0 N–H and O–H groups in total. The summed E-state index contributed by atoms with van der Waals surface area (Å²) in [4.78, 5) is 36.5. The summed E-state index contributed by atoms with van der Waals surface area (Å²) < 4.78 is 15.0. The van der Waals surface area contributed by atoms with Crippen LogP contribution in [0.15, 0.2) is 0 Å². The Morgan fingerprint density at radius 3 is 1.55 bits per heavy atom. The molecule has 1 saturated carbocycles. The summed E-state index contributed by atoms with van der Waals surface area (Å²) in [6.45, 7) is 7.21. The first kappa shape index (κ1) is 16.5. The molecule has 1 aliphatic carbocycles. The van der Waals surface area contributed by atoms with Crippen molar-refractivity contribution in [2.24, 2.45) is 10.8 Å². The van der Waals surface area contributed by atoms with E-state index in [2.05, 4.69) is 0 Å². The zero-order valence-corrected chi connectivity index (χ0v) is 12.5. The molecule has 0 heterocycles. The van der Waals surface area contributed by atoms with E-state index < -0.39 is 28.7 Å². The number of hydrogen-bond acceptors (Lipinski definition) is 6. The van der Waals surface area contributed by atoms with Gasteiger partial charge in [-0.05, 0) is 33.6 Å². The monoisotopic (exact) mass is 286 g/mol. The summed E-state index contributed by atoms with van der Waals surface area (Å²) in [5, 5.41) is 0.